The Morgan fingerprint density at radius 3 is 2.46 bits per heavy atom. The number of rotatable bonds is 10. The molecule has 2 saturated carbocycles. The maximum absolute atomic E-state index is 15.1. The zero-order valence-corrected chi connectivity index (χ0v) is 23.0. The Morgan fingerprint density at radius 2 is 1.85 bits per heavy atom. The minimum atomic E-state index is -0.537. The molecule has 0 spiro atoms. The fourth-order valence-electron chi connectivity index (χ4n) is 6.36. The molecular weight excluding hydrogens is 497 g/mol. The molecule has 0 aromatic carbocycles. The SMILES string of the molecule is Cc1n[nH]c(C)c1-c1ccc(NC[C@@H](NC(=O)c2cnn(C3CCOCC3)c2C)C(C2CC2)C2CC2)nc1F. The molecule has 9 nitrogen and oxygen atoms in total. The number of hydrogen-bond acceptors (Lipinski definition) is 6. The fourth-order valence-corrected chi connectivity index (χ4v) is 6.36. The monoisotopic (exact) mass is 535 g/mol. The van der Waals surface area contributed by atoms with Gasteiger partial charge in [-0.2, -0.15) is 14.6 Å². The number of nitrogens with zero attached hydrogens (tertiary/aromatic N) is 4. The van der Waals surface area contributed by atoms with E-state index in [1.807, 2.05) is 25.5 Å². The van der Waals surface area contributed by atoms with Crippen LogP contribution in [0.15, 0.2) is 18.3 Å². The fraction of sp³-hybridized carbons (Fsp3) is 0.586. The number of aromatic nitrogens is 5. The van der Waals surface area contributed by atoms with Crippen LogP contribution in [-0.2, 0) is 4.74 Å². The van der Waals surface area contributed by atoms with Crippen molar-refractivity contribution in [3.05, 3.63) is 46.9 Å². The van der Waals surface area contributed by atoms with E-state index in [2.05, 4.69) is 30.9 Å². The van der Waals surface area contributed by atoms with Gasteiger partial charge in [-0.1, -0.05) is 0 Å². The predicted molar refractivity (Wildman–Crippen MR) is 146 cm³/mol. The van der Waals surface area contributed by atoms with Crippen molar-refractivity contribution >= 4 is 11.7 Å². The number of aromatic amines is 1. The average Bonchev–Trinajstić information content (AvgIpc) is 3.87. The van der Waals surface area contributed by atoms with Crippen LogP contribution in [0.4, 0.5) is 10.2 Å². The molecule has 39 heavy (non-hydrogen) atoms. The third-order valence-corrected chi connectivity index (χ3v) is 8.69. The molecule has 3 N–H and O–H groups in total. The van der Waals surface area contributed by atoms with Gasteiger partial charge in [0.05, 0.1) is 23.5 Å². The van der Waals surface area contributed by atoms with Crippen molar-refractivity contribution < 1.29 is 13.9 Å². The van der Waals surface area contributed by atoms with Crippen molar-refractivity contribution in [1.82, 2.24) is 30.3 Å². The number of nitrogens with one attached hydrogen (secondary N) is 3. The predicted octanol–water partition coefficient (Wildman–Crippen LogP) is 4.73. The normalized spacial score (nSPS) is 18.9. The van der Waals surface area contributed by atoms with Gasteiger partial charge in [0, 0.05) is 48.3 Å². The van der Waals surface area contributed by atoms with Crippen molar-refractivity contribution in [2.45, 2.75) is 71.4 Å². The highest BCUT2D eigenvalue weighted by atomic mass is 19.1. The van der Waals surface area contributed by atoms with Gasteiger partial charge in [0.2, 0.25) is 5.95 Å². The lowest BCUT2D eigenvalue weighted by atomic mass is 9.89. The summed E-state index contributed by atoms with van der Waals surface area (Å²) in [5.74, 6) is 1.51. The largest absolute Gasteiger partial charge is 0.381 e. The Morgan fingerprint density at radius 1 is 1.13 bits per heavy atom. The third kappa shape index (κ3) is 5.44. The molecule has 3 aromatic rings. The van der Waals surface area contributed by atoms with Crippen LogP contribution < -0.4 is 10.6 Å². The molecule has 6 rings (SSSR count). The summed E-state index contributed by atoms with van der Waals surface area (Å²) in [4.78, 5) is 17.8. The topological polar surface area (TPSA) is 110 Å². The minimum Gasteiger partial charge on any atom is -0.381 e. The van der Waals surface area contributed by atoms with Crippen molar-refractivity contribution in [2.75, 3.05) is 25.1 Å². The Labute approximate surface area is 228 Å². The highest BCUT2D eigenvalue weighted by Gasteiger charge is 2.46. The first-order valence-electron chi connectivity index (χ1n) is 14.3. The second-order valence-electron chi connectivity index (χ2n) is 11.5. The van der Waals surface area contributed by atoms with E-state index in [4.69, 9.17) is 4.74 Å². The number of carbonyl (C=O) groups is 1. The average molecular weight is 536 g/mol. The van der Waals surface area contributed by atoms with E-state index < -0.39 is 5.95 Å². The van der Waals surface area contributed by atoms with Crippen molar-refractivity contribution in [3.63, 3.8) is 0 Å². The van der Waals surface area contributed by atoms with Crippen LogP contribution in [0.1, 0.15) is 72.0 Å². The first-order valence-corrected chi connectivity index (χ1v) is 14.3. The number of amides is 1. The molecule has 2 aliphatic carbocycles. The first-order chi connectivity index (χ1) is 18.9. The van der Waals surface area contributed by atoms with Crippen LogP contribution in [0.25, 0.3) is 11.1 Å². The molecule has 0 unspecified atom stereocenters. The lowest BCUT2D eigenvalue weighted by molar-refractivity contribution is 0.0656. The second-order valence-corrected chi connectivity index (χ2v) is 11.5. The Balaban J connectivity index is 1.19. The zero-order valence-electron chi connectivity index (χ0n) is 23.0. The summed E-state index contributed by atoms with van der Waals surface area (Å²) in [5, 5.41) is 18.4. The highest BCUT2D eigenvalue weighted by molar-refractivity contribution is 5.95. The lowest BCUT2D eigenvalue weighted by Crippen LogP contribution is -2.46. The number of pyridine rings is 1. The number of aryl methyl sites for hydroxylation is 2. The standard InChI is InChI=1S/C29H38FN7O2/c1-16-26(17(2)36-35-16)22-8-9-25(34-28(22)30)31-15-24(27(19-4-5-19)20-6-7-20)33-29(38)23-14-32-37(18(23)3)21-10-12-39-13-11-21/h8-9,14,19-21,24,27H,4-7,10-13,15H2,1-3H3,(H,31,34)(H,33,38)(H,35,36)/t24-/m1/s1. The highest BCUT2D eigenvalue weighted by Crippen LogP contribution is 2.50. The van der Waals surface area contributed by atoms with E-state index in [-0.39, 0.29) is 18.0 Å². The molecule has 3 fully saturated rings. The van der Waals surface area contributed by atoms with Gasteiger partial charge >= 0.3 is 0 Å². The summed E-state index contributed by atoms with van der Waals surface area (Å²) in [7, 11) is 0. The van der Waals surface area contributed by atoms with E-state index in [0.717, 1.165) is 48.7 Å². The van der Waals surface area contributed by atoms with Gasteiger partial charge < -0.3 is 15.4 Å². The number of H-pyrrole nitrogens is 1. The van der Waals surface area contributed by atoms with Crippen LogP contribution in [0.2, 0.25) is 0 Å². The maximum atomic E-state index is 15.1. The number of ether oxygens (including phenoxy) is 1. The molecule has 3 aliphatic rings. The Bertz CT molecular complexity index is 1310. The first kappa shape index (κ1) is 26.0. The molecule has 208 valence electrons. The number of anilines is 1. The minimum absolute atomic E-state index is 0.0776. The van der Waals surface area contributed by atoms with Crippen LogP contribution in [0.3, 0.4) is 0 Å². The van der Waals surface area contributed by atoms with Gasteiger partial charge in [-0.05, 0) is 89.2 Å². The van der Waals surface area contributed by atoms with Gasteiger partial charge in [0.15, 0.2) is 0 Å². The number of halogens is 1. The van der Waals surface area contributed by atoms with Crippen molar-refractivity contribution in [3.8, 4) is 11.1 Å². The molecule has 4 heterocycles. The van der Waals surface area contributed by atoms with E-state index in [1.165, 1.54) is 25.7 Å². The maximum Gasteiger partial charge on any atom is 0.255 e. The van der Waals surface area contributed by atoms with E-state index in [0.29, 0.717) is 41.2 Å². The summed E-state index contributed by atoms with van der Waals surface area (Å²) in [5.41, 5.74) is 4.24. The molecule has 1 amide bonds. The quantitative estimate of drug-likeness (QED) is 0.324. The van der Waals surface area contributed by atoms with Crippen LogP contribution in [-0.4, -0.2) is 56.7 Å². The summed E-state index contributed by atoms with van der Waals surface area (Å²) in [6.45, 7) is 7.64. The summed E-state index contributed by atoms with van der Waals surface area (Å²) in [6.07, 6.45) is 8.34. The van der Waals surface area contributed by atoms with E-state index in [1.54, 1.807) is 18.3 Å². The van der Waals surface area contributed by atoms with Gasteiger partial charge in [-0.25, -0.2) is 4.98 Å². The molecular formula is C29H38FN7O2. The molecule has 3 aromatic heterocycles. The van der Waals surface area contributed by atoms with Gasteiger partial charge in [-0.15, -0.1) is 0 Å². The molecule has 1 aliphatic heterocycles. The summed E-state index contributed by atoms with van der Waals surface area (Å²) >= 11 is 0. The second kappa shape index (κ2) is 10.7. The van der Waals surface area contributed by atoms with Gasteiger partial charge in [-0.3, -0.25) is 14.6 Å². The van der Waals surface area contributed by atoms with Crippen LogP contribution >= 0.6 is 0 Å². The summed E-state index contributed by atoms with van der Waals surface area (Å²) < 4.78 is 22.6. The van der Waals surface area contributed by atoms with Crippen molar-refractivity contribution in [1.29, 1.82) is 0 Å². The molecule has 0 bridgehead atoms. The molecule has 1 atom stereocenters. The van der Waals surface area contributed by atoms with Crippen molar-refractivity contribution in [2.24, 2.45) is 17.8 Å². The molecule has 0 radical (unpaired) electrons. The third-order valence-electron chi connectivity index (χ3n) is 8.69. The molecule has 10 heteroatoms. The number of hydrogen-bond donors (Lipinski definition) is 3. The van der Waals surface area contributed by atoms with E-state index in [9.17, 15) is 4.79 Å². The van der Waals surface area contributed by atoms with Gasteiger partial charge in [0.1, 0.15) is 5.82 Å². The summed E-state index contributed by atoms with van der Waals surface area (Å²) in [6, 6.07) is 3.73. The molecule has 1 saturated heterocycles. The Kier molecular flexibility index (Phi) is 7.14. The Hall–Kier alpha value is -3.27. The zero-order chi connectivity index (χ0) is 27.1. The number of carbonyl (C=O) groups excluding carboxylic acids is 1. The van der Waals surface area contributed by atoms with Gasteiger partial charge in [0.25, 0.3) is 5.91 Å². The van der Waals surface area contributed by atoms with Crippen LogP contribution in [0.5, 0.6) is 0 Å². The lowest BCUT2D eigenvalue weighted by Gasteiger charge is -2.29. The van der Waals surface area contributed by atoms with E-state index >= 15 is 4.39 Å². The smallest absolute Gasteiger partial charge is 0.255 e. The van der Waals surface area contributed by atoms with Crippen LogP contribution in [0, 0.1) is 44.5 Å².